The Kier molecular flexibility index (Phi) is 6.50. The lowest BCUT2D eigenvalue weighted by Crippen LogP contribution is -2.44. The highest BCUT2D eigenvalue weighted by Crippen LogP contribution is 2.25. The molecule has 0 saturated carbocycles. The first-order valence-corrected chi connectivity index (χ1v) is 10.3. The SMILES string of the molecule is CC(CNC(=O)/C(C#N)=C/c1ccc(N(C)C)cc1)N1CCc2sccc2C1. The van der Waals surface area contributed by atoms with Crippen LogP contribution in [0.15, 0.2) is 41.3 Å². The Morgan fingerprint density at radius 1 is 1.36 bits per heavy atom. The molecule has 1 amide bonds. The Balaban J connectivity index is 1.57. The quantitative estimate of drug-likeness (QED) is 0.603. The van der Waals surface area contributed by atoms with Gasteiger partial charge in [-0.15, -0.1) is 11.3 Å². The number of fused-ring (bicyclic) bond motifs is 1. The van der Waals surface area contributed by atoms with Crippen molar-refractivity contribution in [2.45, 2.75) is 25.9 Å². The first kappa shape index (κ1) is 20.1. The van der Waals surface area contributed by atoms with Gasteiger partial charge in [0.15, 0.2) is 0 Å². The second-order valence-corrected chi connectivity index (χ2v) is 8.30. The molecule has 2 aromatic rings. The van der Waals surface area contributed by atoms with E-state index in [1.54, 1.807) is 6.08 Å². The average molecular weight is 395 g/mol. The maximum atomic E-state index is 12.5. The molecule has 0 radical (unpaired) electrons. The average Bonchev–Trinajstić information content (AvgIpc) is 3.18. The maximum absolute atomic E-state index is 12.5. The van der Waals surface area contributed by atoms with Crippen LogP contribution >= 0.6 is 11.3 Å². The lowest BCUT2D eigenvalue weighted by atomic mass is 10.1. The summed E-state index contributed by atoms with van der Waals surface area (Å²) in [5.41, 5.74) is 3.44. The third kappa shape index (κ3) is 4.80. The number of rotatable bonds is 6. The number of nitriles is 1. The van der Waals surface area contributed by atoms with E-state index in [1.165, 1.54) is 10.4 Å². The van der Waals surface area contributed by atoms with E-state index in [1.807, 2.05) is 60.7 Å². The van der Waals surface area contributed by atoms with Gasteiger partial charge < -0.3 is 10.2 Å². The van der Waals surface area contributed by atoms with Crippen molar-refractivity contribution in [1.29, 1.82) is 5.26 Å². The Morgan fingerprint density at radius 2 is 2.11 bits per heavy atom. The van der Waals surface area contributed by atoms with Crippen LogP contribution in [-0.2, 0) is 17.8 Å². The van der Waals surface area contributed by atoms with Crippen molar-refractivity contribution in [3.05, 3.63) is 57.3 Å². The lowest BCUT2D eigenvalue weighted by molar-refractivity contribution is -0.117. The summed E-state index contributed by atoms with van der Waals surface area (Å²) in [5.74, 6) is -0.320. The summed E-state index contributed by atoms with van der Waals surface area (Å²) in [6.45, 7) is 4.57. The monoisotopic (exact) mass is 394 g/mol. The van der Waals surface area contributed by atoms with E-state index in [4.69, 9.17) is 0 Å². The minimum Gasteiger partial charge on any atom is -0.378 e. The van der Waals surface area contributed by atoms with E-state index >= 15 is 0 Å². The maximum Gasteiger partial charge on any atom is 0.262 e. The molecule has 1 aliphatic heterocycles. The summed E-state index contributed by atoms with van der Waals surface area (Å²) < 4.78 is 0. The van der Waals surface area contributed by atoms with Gasteiger partial charge in [0, 0.05) is 50.3 Å². The molecule has 0 saturated heterocycles. The van der Waals surface area contributed by atoms with Gasteiger partial charge in [-0.2, -0.15) is 5.26 Å². The predicted molar refractivity (Wildman–Crippen MR) is 115 cm³/mol. The molecule has 1 atom stereocenters. The molecule has 2 heterocycles. The molecule has 0 spiro atoms. The van der Waals surface area contributed by atoms with Crippen LogP contribution in [0.25, 0.3) is 6.08 Å². The summed E-state index contributed by atoms with van der Waals surface area (Å²) in [7, 11) is 3.95. The third-order valence-electron chi connectivity index (χ3n) is 5.10. The second-order valence-electron chi connectivity index (χ2n) is 7.30. The molecule has 6 heteroatoms. The molecular weight excluding hydrogens is 368 g/mol. The van der Waals surface area contributed by atoms with Crippen molar-refractivity contribution in [3.63, 3.8) is 0 Å². The lowest BCUT2D eigenvalue weighted by Gasteiger charge is -2.32. The van der Waals surface area contributed by atoms with E-state index in [-0.39, 0.29) is 17.5 Å². The first-order chi connectivity index (χ1) is 13.5. The van der Waals surface area contributed by atoms with Gasteiger partial charge in [0.1, 0.15) is 11.6 Å². The largest absolute Gasteiger partial charge is 0.378 e. The number of amides is 1. The van der Waals surface area contributed by atoms with Crippen LogP contribution in [-0.4, -0.2) is 44.0 Å². The van der Waals surface area contributed by atoms with Gasteiger partial charge in [0.25, 0.3) is 5.91 Å². The van der Waals surface area contributed by atoms with Crippen LogP contribution in [0.4, 0.5) is 5.69 Å². The fraction of sp³-hybridized carbons (Fsp3) is 0.364. The highest BCUT2D eigenvalue weighted by molar-refractivity contribution is 7.10. The van der Waals surface area contributed by atoms with Gasteiger partial charge in [-0.05, 0) is 54.1 Å². The van der Waals surface area contributed by atoms with Crippen LogP contribution in [0.2, 0.25) is 0 Å². The van der Waals surface area contributed by atoms with E-state index in [9.17, 15) is 10.1 Å². The molecule has 3 rings (SSSR count). The number of anilines is 1. The zero-order valence-corrected chi connectivity index (χ0v) is 17.4. The minimum atomic E-state index is -0.320. The summed E-state index contributed by atoms with van der Waals surface area (Å²) in [6, 6.07) is 12.2. The van der Waals surface area contributed by atoms with Crippen LogP contribution in [0.3, 0.4) is 0 Å². The van der Waals surface area contributed by atoms with E-state index in [0.717, 1.165) is 30.8 Å². The van der Waals surface area contributed by atoms with Crippen molar-refractivity contribution >= 4 is 29.0 Å². The fourth-order valence-electron chi connectivity index (χ4n) is 3.30. The Bertz CT molecular complexity index is 892. The number of thiophene rings is 1. The minimum absolute atomic E-state index is 0.128. The van der Waals surface area contributed by atoms with E-state index < -0.39 is 0 Å². The molecular formula is C22H26N4OS. The molecule has 1 aromatic carbocycles. The highest BCUT2D eigenvalue weighted by atomic mass is 32.1. The number of carbonyl (C=O) groups is 1. The predicted octanol–water partition coefficient (Wildman–Crippen LogP) is 3.28. The van der Waals surface area contributed by atoms with Crippen LogP contribution in [0.1, 0.15) is 22.9 Å². The Hall–Kier alpha value is -2.62. The summed E-state index contributed by atoms with van der Waals surface area (Å²) >= 11 is 1.82. The molecule has 146 valence electrons. The zero-order chi connectivity index (χ0) is 20.1. The number of hydrogen-bond donors (Lipinski definition) is 1. The third-order valence-corrected chi connectivity index (χ3v) is 6.13. The molecule has 5 nitrogen and oxygen atoms in total. The number of hydrogen-bond acceptors (Lipinski definition) is 5. The smallest absolute Gasteiger partial charge is 0.262 e. The highest BCUT2D eigenvalue weighted by Gasteiger charge is 2.22. The summed E-state index contributed by atoms with van der Waals surface area (Å²) in [5, 5.41) is 14.5. The van der Waals surface area contributed by atoms with Crippen molar-refractivity contribution in [2.24, 2.45) is 0 Å². The van der Waals surface area contributed by atoms with Gasteiger partial charge >= 0.3 is 0 Å². The number of nitrogens with zero attached hydrogens (tertiary/aromatic N) is 3. The van der Waals surface area contributed by atoms with E-state index in [2.05, 4.69) is 28.6 Å². The van der Waals surface area contributed by atoms with Gasteiger partial charge in [-0.25, -0.2) is 0 Å². The van der Waals surface area contributed by atoms with Crippen molar-refractivity contribution in [3.8, 4) is 6.07 Å². The van der Waals surface area contributed by atoms with Crippen LogP contribution in [0.5, 0.6) is 0 Å². The number of carbonyl (C=O) groups excluding carboxylic acids is 1. The normalized spacial score (nSPS) is 15.4. The van der Waals surface area contributed by atoms with Crippen molar-refractivity contribution in [1.82, 2.24) is 10.2 Å². The van der Waals surface area contributed by atoms with Crippen molar-refractivity contribution in [2.75, 3.05) is 32.1 Å². The number of nitrogens with one attached hydrogen (secondary N) is 1. The molecule has 1 aromatic heterocycles. The standard InChI is InChI=1S/C22H26N4OS/c1-16(26-10-8-21-18(15-26)9-11-28-21)14-24-22(27)19(13-23)12-17-4-6-20(7-5-17)25(2)3/h4-7,9,11-12,16H,8,10,14-15H2,1-3H3,(H,24,27)/b19-12+. The van der Waals surface area contributed by atoms with E-state index in [0.29, 0.717) is 6.54 Å². The van der Waals surface area contributed by atoms with Gasteiger partial charge in [-0.3, -0.25) is 9.69 Å². The van der Waals surface area contributed by atoms with Gasteiger partial charge in [0.2, 0.25) is 0 Å². The summed E-state index contributed by atoms with van der Waals surface area (Å²) in [4.78, 5) is 18.3. The summed E-state index contributed by atoms with van der Waals surface area (Å²) in [6.07, 6.45) is 2.70. The first-order valence-electron chi connectivity index (χ1n) is 9.44. The molecule has 0 fully saturated rings. The topological polar surface area (TPSA) is 59.4 Å². The molecule has 0 bridgehead atoms. The molecule has 0 aliphatic carbocycles. The van der Waals surface area contributed by atoms with Crippen LogP contribution < -0.4 is 10.2 Å². The molecule has 1 aliphatic rings. The second kappa shape index (κ2) is 9.05. The molecule has 1 N–H and O–H groups in total. The van der Waals surface area contributed by atoms with Crippen LogP contribution in [0, 0.1) is 11.3 Å². The zero-order valence-electron chi connectivity index (χ0n) is 16.6. The number of benzene rings is 1. The van der Waals surface area contributed by atoms with Gasteiger partial charge in [-0.1, -0.05) is 12.1 Å². The Labute approximate surface area is 170 Å². The van der Waals surface area contributed by atoms with Gasteiger partial charge in [0.05, 0.1) is 0 Å². The Morgan fingerprint density at radius 3 is 2.79 bits per heavy atom. The molecule has 28 heavy (non-hydrogen) atoms. The van der Waals surface area contributed by atoms with Crippen molar-refractivity contribution < 1.29 is 4.79 Å². The fourth-order valence-corrected chi connectivity index (χ4v) is 4.18. The molecule has 1 unspecified atom stereocenters.